The van der Waals surface area contributed by atoms with E-state index in [9.17, 15) is 51.9 Å². The van der Waals surface area contributed by atoms with Crippen LogP contribution in [0.4, 0.5) is 8.78 Å². The highest BCUT2D eigenvalue weighted by Crippen LogP contribution is 2.15. The van der Waals surface area contributed by atoms with Gasteiger partial charge in [-0.15, -0.1) is 0 Å². The van der Waals surface area contributed by atoms with Crippen molar-refractivity contribution in [2.24, 2.45) is 11.8 Å². The highest BCUT2D eigenvalue weighted by Gasteiger charge is 2.32. The molecule has 0 aliphatic carbocycles. The Morgan fingerprint density at radius 2 is 1.09 bits per heavy atom. The Labute approximate surface area is 413 Å². The van der Waals surface area contributed by atoms with E-state index in [4.69, 9.17) is 9.47 Å². The van der Waals surface area contributed by atoms with Crippen LogP contribution in [0.1, 0.15) is 99.6 Å². The van der Waals surface area contributed by atoms with Gasteiger partial charge in [-0.05, 0) is 80.7 Å². The molecule has 23 heteroatoms. The number of nitrogens with one attached hydrogen (secondary N) is 6. The average molecular weight is 1010 g/mol. The van der Waals surface area contributed by atoms with Crippen molar-refractivity contribution in [3.05, 3.63) is 107 Å². The second kappa shape index (κ2) is 29.3. The van der Waals surface area contributed by atoms with Gasteiger partial charge in [0.25, 0.3) is 23.6 Å². The van der Waals surface area contributed by atoms with Crippen LogP contribution in [0.3, 0.4) is 0 Å². The molecule has 70 heavy (non-hydrogen) atoms. The number of carbonyl (C=O) groups is 9. The Bertz CT molecular complexity index is 2380. The molecule has 0 radical (unpaired) electrons. The van der Waals surface area contributed by atoms with Crippen molar-refractivity contribution in [1.29, 1.82) is 0 Å². The zero-order valence-corrected chi connectivity index (χ0v) is 41.2. The molecule has 6 amide bonds. The molecule has 19 nitrogen and oxygen atoms in total. The summed E-state index contributed by atoms with van der Waals surface area (Å²) in [5.74, 6) is -6.61. The third kappa shape index (κ3) is 18.6. The Balaban J connectivity index is 0.000000371. The predicted octanol–water partition coefficient (Wildman–Crippen LogP) is 3.60. The lowest BCUT2D eigenvalue weighted by molar-refractivity contribution is -0.153. The first kappa shape index (κ1) is 57.6. The van der Waals surface area contributed by atoms with Crippen LogP contribution in [0.2, 0.25) is 0 Å². The van der Waals surface area contributed by atoms with Gasteiger partial charge in [-0.25, -0.2) is 28.3 Å². The fraction of sp³-hybridized carbons (Fsp3) is 0.426. The molecule has 4 heterocycles. The summed E-state index contributed by atoms with van der Waals surface area (Å²) < 4.78 is 39.5. The Kier molecular flexibility index (Phi) is 24.1. The monoisotopic (exact) mass is 1010 g/mol. The summed E-state index contributed by atoms with van der Waals surface area (Å²) in [6.45, 7) is 9.33. The molecule has 0 saturated carbocycles. The topological polar surface area (TPSA) is 270 Å². The number of amides is 6. The molecule has 0 spiro atoms. The number of carbonyl (C=O) groups excluding carboxylic acids is 9. The highest BCUT2D eigenvalue weighted by molar-refractivity contribution is 8.11. The Morgan fingerprint density at radius 1 is 0.671 bits per heavy atom. The van der Waals surface area contributed by atoms with Gasteiger partial charge in [0.2, 0.25) is 11.8 Å². The summed E-state index contributed by atoms with van der Waals surface area (Å²) in [4.78, 5) is 120. The highest BCUT2D eigenvalue weighted by atomic mass is 32.2. The van der Waals surface area contributed by atoms with E-state index in [0.717, 1.165) is 30.0 Å². The van der Waals surface area contributed by atoms with E-state index in [1.165, 1.54) is 38.1 Å². The number of thioether (sulfide) groups is 1. The van der Waals surface area contributed by atoms with Crippen LogP contribution in [-0.2, 0) is 56.1 Å². The number of cyclic esters (lactones) is 2. The maximum atomic E-state index is 14.2. The van der Waals surface area contributed by atoms with Crippen molar-refractivity contribution < 1.29 is 61.4 Å². The van der Waals surface area contributed by atoms with Crippen molar-refractivity contribution in [3.63, 3.8) is 0 Å². The number of esters is 2. The largest absolute Gasteiger partial charge is 0.456 e. The number of fused-ring (bicyclic) bond motifs is 4. The number of rotatable bonds is 10. The summed E-state index contributed by atoms with van der Waals surface area (Å²) in [7, 11) is 0. The molecule has 0 aromatic carbocycles. The maximum absolute atomic E-state index is 14.2. The lowest BCUT2D eigenvalue weighted by Crippen LogP contribution is -2.48. The molecule has 2 aromatic heterocycles. The molecule has 378 valence electrons. The van der Waals surface area contributed by atoms with Gasteiger partial charge in [-0.2, -0.15) is 12.6 Å². The first-order chi connectivity index (χ1) is 33.3. The van der Waals surface area contributed by atoms with Gasteiger partial charge in [-0.1, -0.05) is 63.8 Å². The summed E-state index contributed by atoms with van der Waals surface area (Å²) in [5.41, 5.74) is -0.154. The van der Waals surface area contributed by atoms with Crippen molar-refractivity contribution in [2.75, 3.05) is 11.5 Å². The summed E-state index contributed by atoms with van der Waals surface area (Å²) in [6.07, 6.45) is 7.94. The van der Waals surface area contributed by atoms with Gasteiger partial charge in [0.05, 0.1) is 37.3 Å². The normalized spacial score (nSPS) is 21.5. The summed E-state index contributed by atoms with van der Waals surface area (Å²) >= 11 is 5.21. The smallest absolute Gasteiger partial charge is 0.329 e. The zero-order valence-electron chi connectivity index (χ0n) is 39.5. The number of thiol groups is 1. The molecular formula is C47H58F2N8O11S2. The molecule has 0 saturated heterocycles. The van der Waals surface area contributed by atoms with Crippen LogP contribution < -0.4 is 31.9 Å². The first-order valence-electron chi connectivity index (χ1n) is 22.1. The van der Waals surface area contributed by atoms with Gasteiger partial charge in [-0.3, -0.25) is 33.6 Å². The number of ether oxygens (including phenoxy) is 2. The standard InChI is InChI=1S/C24H29FN4O6S.C23H29FN4O5S/c1-4-17-22(32)29-21(14(2)3)24(34)35-15(7-5-6-10-36-13-30)11-20(31)26-12-19-16(25)8-9-18(27-19)23(33)28-17;1-4-16-21(30)28-20(13(2)3)23(32)33-14(7-5-6-10-34)11-19(29)25-12-18-15(24)8-9-17(26-18)22(31)27-16/h4-5,7-9,13-15,21H,6,10-12H2,1-3H3,(H,26,31)(H,28,33)(H,29,32);4-5,7-9,13-14,20,34H,6,10-12H2,1-3H3,(H,25,29)(H,27,31)(H,28,30)/b7-5+,17-4-;7-5+,16-4-/t15-,21+;14-,20+/m11/s1. The fourth-order valence-corrected chi connectivity index (χ4v) is 6.69. The second-order valence-electron chi connectivity index (χ2n) is 16.0. The SMILES string of the molecule is C/C=C1\NC(=O)c2ccc(F)c(n2)CNC(=O)C[C@@H](/C=C/CCS)OC(=O)[C@H](C(C)C)NC1=O.C/C=C1\NC(=O)c2ccc(F)c(n2)CNC(=O)C[C@@H](/C=C/CCSC=O)OC(=O)[C@H](C(C)C)NC1=O. The van der Waals surface area contributed by atoms with Gasteiger partial charge < -0.3 is 41.4 Å². The molecular weight excluding hydrogens is 955 g/mol. The maximum Gasteiger partial charge on any atom is 0.329 e. The number of pyridine rings is 2. The van der Waals surface area contributed by atoms with E-state index >= 15 is 0 Å². The molecule has 2 aromatic rings. The molecule has 0 fully saturated rings. The van der Waals surface area contributed by atoms with E-state index in [1.807, 2.05) is 0 Å². The third-order valence-electron chi connectivity index (χ3n) is 9.96. The van der Waals surface area contributed by atoms with Crippen LogP contribution in [0.5, 0.6) is 0 Å². The Morgan fingerprint density at radius 3 is 1.46 bits per heavy atom. The van der Waals surface area contributed by atoms with Crippen LogP contribution in [0.25, 0.3) is 0 Å². The van der Waals surface area contributed by atoms with E-state index < -0.39 is 83.3 Å². The van der Waals surface area contributed by atoms with Crippen molar-refractivity contribution in [2.45, 2.75) is 105 Å². The van der Waals surface area contributed by atoms with E-state index in [1.54, 1.807) is 45.9 Å². The minimum absolute atomic E-state index is 0.109. The zero-order chi connectivity index (χ0) is 51.9. The average Bonchev–Trinajstić information content (AvgIpc) is 3.31. The molecule has 6 N–H and O–H groups in total. The van der Waals surface area contributed by atoms with Gasteiger partial charge in [0, 0.05) is 5.75 Å². The van der Waals surface area contributed by atoms with Crippen LogP contribution >= 0.6 is 24.4 Å². The molecule has 2 aliphatic heterocycles. The number of hydrogen-bond acceptors (Lipinski definition) is 15. The first-order valence-corrected chi connectivity index (χ1v) is 23.8. The van der Waals surface area contributed by atoms with Crippen LogP contribution in [0.15, 0.2) is 72.1 Å². The number of allylic oxidation sites excluding steroid dienone is 4. The van der Waals surface area contributed by atoms with Crippen LogP contribution in [-0.4, -0.2) is 98.8 Å². The lowest BCUT2D eigenvalue weighted by Gasteiger charge is -2.24. The number of nitrogens with zero attached hydrogens (tertiary/aromatic N) is 2. The fourth-order valence-electron chi connectivity index (χ4n) is 6.17. The quantitative estimate of drug-likeness (QED) is 0.0448. The Hall–Kier alpha value is -6.75. The number of aromatic nitrogens is 2. The molecule has 0 unspecified atom stereocenters. The van der Waals surface area contributed by atoms with Crippen molar-refractivity contribution >= 4 is 77.4 Å². The summed E-state index contributed by atoms with van der Waals surface area (Å²) in [6, 6.07) is 2.32. The van der Waals surface area contributed by atoms with Gasteiger partial charge >= 0.3 is 11.9 Å². The number of halogens is 2. The molecule has 4 atom stereocenters. The van der Waals surface area contributed by atoms with Gasteiger partial charge in [0.15, 0.2) is 5.62 Å². The van der Waals surface area contributed by atoms with E-state index in [-0.39, 0.29) is 71.9 Å². The minimum atomic E-state index is -1.07. The third-order valence-corrected chi connectivity index (χ3v) is 10.8. The summed E-state index contributed by atoms with van der Waals surface area (Å²) in [5, 5.41) is 15.0. The van der Waals surface area contributed by atoms with Gasteiger partial charge in [0.1, 0.15) is 58.7 Å². The minimum Gasteiger partial charge on any atom is -0.456 e. The molecule has 4 bridgehead atoms. The van der Waals surface area contributed by atoms with E-state index in [2.05, 4.69) is 54.5 Å². The van der Waals surface area contributed by atoms with Crippen LogP contribution in [0, 0.1) is 23.5 Å². The lowest BCUT2D eigenvalue weighted by atomic mass is 10.0. The van der Waals surface area contributed by atoms with Crippen molar-refractivity contribution in [1.82, 2.24) is 41.9 Å². The van der Waals surface area contributed by atoms with E-state index in [0.29, 0.717) is 30.0 Å². The predicted molar refractivity (Wildman–Crippen MR) is 258 cm³/mol. The number of hydrogen-bond donors (Lipinski definition) is 7. The molecule has 2 aliphatic rings. The second-order valence-corrected chi connectivity index (χ2v) is 17.4. The van der Waals surface area contributed by atoms with Crippen molar-refractivity contribution in [3.8, 4) is 0 Å². The molecule has 4 rings (SSSR count).